The fraction of sp³-hybridized carbons (Fsp3) is 0.0833. The summed E-state index contributed by atoms with van der Waals surface area (Å²) < 4.78 is 2.00. The zero-order valence-electron chi connectivity index (χ0n) is 9.11. The van der Waals surface area contributed by atoms with Crippen molar-refractivity contribution in [2.24, 2.45) is 0 Å². The number of anilines is 1. The summed E-state index contributed by atoms with van der Waals surface area (Å²) in [6.45, 7) is 0.768. The molecule has 0 aliphatic carbocycles. The molecule has 3 aromatic rings. The molecular formula is C12H11N5. The van der Waals surface area contributed by atoms with E-state index in [-0.39, 0.29) is 0 Å². The predicted octanol–water partition coefficient (Wildman–Crippen LogP) is 1.46. The molecule has 0 saturated heterocycles. The SMILES string of the molecule is Nc1ncnc2ccc(Cn3ccnc3)cc12. The average molecular weight is 225 g/mol. The van der Waals surface area contributed by atoms with Gasteiger partial charge in [0.25, 0.3) is 0 Å². The number of nitrogen functional groups attached to an aromatic ring is 1. The molecule has 0 bridgehead atoms. The molecule has 17 heavy (non-hydrogen) atoms. The Kier molecular flexibility index (Phi) is 2.22. The van der Waals surface area contributed by atoms with E-state index in [1.54, 1.807) is 12.5 Å². The topological polar surface area (TPSA) is 69.6 Å². The maximum absolute atomic E-state index is 5.83. The first-order valence-electron chi connectivity index (χ1n) is 5.28. The first kappa shape index (κ1) is 9.77. The lowest BCUT2D eigenvalue weighted by Crippen LogP contribution is -1.98. The van der Waals surface area contributed by atoms with Gasteiger partial charge in [-0.1, -0.05) is 6.07 Å². The monoisotopic (exact) mass is 225 g/mol. The largest absolute Gasteiger partial charge is 0.383 e. The second-order valence-electron chi connectivity index (χ2n) is 3.85. The van der Waals surface area contributed by atoms with Crippen molar-refractivity contribution in [3.63, 3.8) is 0 Å². The lowest BCUT2D eigenvalue weighted by Gasteiger charge is -2.05. The van der Waals surface area contributed by atoms with Crippen LogP contribution in [-0.4, -0.2) is 19.5 Å². The molecule has 84 valence electrons. The van der Waals surface area contributed by atoms with Crippen molar-refractivity contribution in [2.75, 3.05) is 5.73 Å². The van der Waals surface area contributed by atoms with Crippen molar-refractivity contribution in [3.8, 4) is 0 Å². The Hall–Kier alpha value is -2.43. The molecule has 2 heterocycles. The van der Waals surface area contributed by atoms with Gasteiger partial charge in [0, 0.05) is 24.3 Å². The fourth-order valence-corrected chi connectivity index (χ4v) is 1.81. The molecule has 0 atom stereocenters. The Balaban J connectivity index is 2.04. The van der Waals surface area contributed by atoms with Crippen LogP contribution in [0.25, 0.3) is 10.9 Å². The van der Waals surface area contributed by atoms with Crippen LogP contribution in [0.5, 0.6) is 0 Å². The van der Waals surface area contributed by atoms with Crippen molar-refractivity contribution in [1.82, 2.24) is 19.5 Å². The third-order valence-corrected chi connectivity index (χ3v) is 2.65. The van der Waals surface area contributed by atoms with Crippen LogP contribution in [-0.2, 0) is 6.54 Å². The van der Waals surface area contributed by atoms with Crippen molar-refractivity contribution in [3.05, 3.63) is 48.8 Å². The van der Waals surface area contributed by atoms with E-state index in [1.165, 1.54) is 6.33 Å². The minimum absolute atomic E-state index is 0.516. The molecular weight excluding hydrogens is 214 g/mol. The summed E-state index contributed by atoms with van der Waals surface area (Å²) in [5.41, 5.74) is 7.85. The number of hydrogen-bond acceptors (Lipinski definition) is 4. The molecule has 2 N–H and O–H groups in total. The summed E-state index contributed by atoms with van der Waals surface area (Å²) in [5.74, 6) is 0.516. The predicted molar refractivity (Wildman–Crippen MR) is 65.3 cm³/mol. The van der Waals surface area contributed by atoms with Gasteiger partial charge < -0.3 is 10.3 Å². The normalized spacial score (nSPS) is 10.8. The van der Waals surface area contributed by atoms with E-state index in [1.807, 2.05) is 29.0 Å². The molecule has 3 rings (SSSR count). The maximum Gasteiger partial charge on any atom is 0.134 e. The van der Waals surface area contributed by atoms with Crippen LogP contribution in [0.2, 0.25) is 0 Å². The number of hydrogen-bond donors (Lipinski definition) is 1. The lowest BCUT2D eigenvalue weighted by molar-refractivity contribution is 0.798. The van der Waals surface area contributed by atoms with E-state index in [9.17, 15) is 0 Å². The number of imidazole rings is 1. The molecule has 1 aromatic carbocycles. The Morgan fingerprint density at radius 1 is 1.24 bits per heavy atom. The summed E-state index contributed by atoms with van der Waals surface area (Å²) in [6, 6.07) is 6.01. The first-order chi connectivity index (χ1) is 8.33. The quantitative estimate of drug-likeness (QED) is 0.716. The number of fused-ring (bicyclic) bond motifs is 1. The number of benzene rings is 1. The molecule has 0 unspecified atom stereocenters. The van der Waals surface area contributed by atoms with Crippen molar-refractivity contribution in [1.29, 1.82) is 0 Å². The van der Waals surface area contributed by atoms with E-state index in [0.717, 1.165) is 23.0 Å². The third kappa shape index (κ3) is 1.82. The van der Waals surface area contributed by atoms with Crippen molar-refractivity contribution < 1.29 is 0 Å². The van der Waals surface area contributed by atoms with Gasteiger partial charge in [0.15, 0.2) is 0 Å². The van der Waals surface area contributed by atoms with E-state index in [2.05, 4.69) is 15.0 Å². The Morgan fingerprint density at radius 3 is 3.00 bits per heavy atom. The Morgan fingerprint density at radius 2 is 2.18 bits per heavy atom. The number of nitrogens with two attached hydrogens (primary N) is 1. The van der Waals surface area contributed by atoms with E-state index in [0.29, 0.717) is 5.82 Å². The third-order valence-electron chi connectivity index (χ3n) is 2.65. The van der Waals surface area contributed by atoms with E-state index >= 15 is 0 Å². The molecule has 0 aliphatic rings. The van der Waals surface area contributed by atoms with Crippen LogP contribution in [0.4, 0.5) is 5.82 Å². The highest BCUT2D eigenvalue weighted by molar-refractivity contribution is 5.88. The zero-order valence-corrected chi connectivity index (χ0v) is 9.11. The molecule has 0 aliphatic heterocycles. The highest BCUT2D eigenvalue weighted by atomic mass is 15.0. The van der Waals surface area contributed by atoms with Gasteiger partial charge in [-0.25, -0.2) is 15.0 Å². The highest BCUT2D eigenvalue weighted by Crippen LogP contribution is 2.18. The number of aromatic nitrogens is 4. The summed E-state index contributed by atoms with van der Waals surface area (Å²) in [4.78, 5) is 12.2. The van der Waals surface area contributed by atoms with E-state index < -0.39 is 0 Å². The minimum Gasteiger partial charge on any atom is -0.383 e. The number of rotatable bonds is 2. The first-order valence-corrected chi connectivity index (χ1v) is 5.28. The van der Waals surface area contributed by atoms with Gasteiger partial charge in [-0.15, -0.1) is 0 Å². The molecule has 5 nitrogen and oxygen atoms in total. The van der Waals surface area contributed by atoms with Crippen LogP contribution >= 0.6 is 0 Å². The molecule has 0 amide bonds. The minimum atomic E-state index is 0.516. The maximum atomic E-state index is 5.83. The summed E-state index contributed by atoms with van der Waals surface area (Å²) in [6.07, 6.45) is 6.95. The average Bonchev–Trinajstić information content (AvgIpc) is 2.83. The van der Waals surface area contributed by atoms with Crippen LogP contribution in [0.1, 0.15) is 5.56 Å². The van der Waals surface area contributed by atoms with E-state index in [4.69, 9.17) is 5.73 Å². The Bertz CT molecular complexity index is 645. The standard InChI is InChI=1S/C12H11N5/c13-12-10-5-9(6-17-4-3-14-8-17)1-2-11(10)15-7-16-12/h1-5,7-8H,6H2,(H2,13,15,16). The van der Waals surface area contributed by atoms with Gasteiger partial charge in [0.2, 0.25) is 0 Å². The summed E-state index contributed by atoms with van der Waals surface area (Å²) >= 11 is 0. The smallest absolute Gasteiger partial charge is 0.134 e. The molecule has 0 radical (unpaired) electrons. The molecule has 5 heteroatoms. The van der Waals surface area contributed by atoms with Crippen molar-refractivity contribution in [2.45, 2.75) is 6.54 Å². The van der Waals surface area contributed by atoms with Crippen LogP contribution in [0.15, 0.2) is 43.2 Å². The molecule has 0 saturated carbocycles. The highest BCUT2D eigenvalue weighted by Gasteiger charge is 2.02. The zero-order chi connectivity index (χ0) is 11.7. The summed E-state index contributed by atoms with van der Waals surface area (Å²) in [7, 11) is 0. The fourth-order valence-electron chi connectivity index (χ4n) is 1.81. The second kappa shape index (κ2) is 3.86. The van der Waals surface area contributed by atoms with Crippen LogP contribution in [0.3, 0.4) is 0 Å². The van der Waals surface area contributed by atoms with Gasteiger partial charge >= 0.3 is 0 Å². The summed E-state index contributed by atoms with van der Waals surface area (Å²) in [5, 5.41) is 0.894. The van der Waals surface area contributed by atoms with Crippen molar-refractivity contribution >= 4 is 16.7 Å². The number of nitrogens with zero attached hydrogens (tertiary/aromatic N) is 4. The molecule has 0 fully saturated rings. The van der Waals surface area contributed by atoms with Gasteiger partial charge in [0.1, 0.15) is 12.1 Å². The van der Waals surface area contributed by atoms with Crippen LogP contribution < -0.4 is 5.73 Å². The van der Waals surface area contributed by atoms with Gasteiger partial charge in [-0.05, 0) is 17.7 Å². The second-order valence-corrected chi connectivity index (χ2v) is 3.85. The van der Waals surface area contributed by atoms with Gasteiger partial charge in [-0.2, -0.15) is 0 Å². The van der Waals surface area contributed by atoms with Crippen LogP contribution in [0, 0.1) is 0 Å². The molecule has 2 aromatic heterocycles. The lowest BCUT2D eigenvalue weighted by atomic mass is 10.1. The van der Waals surface area contributed by atoms with Gasteiger partial charge in [0.05, 0.1) is 11.8 Å². The molecule has 0 spiro atoms. The Labute approximate surface area is 98.0 Å². The van der Waals surface area contributed by atoms with Gasteiger partial charge in [-0.3, -0.25) is 0 Å².